The summed E-state index contributed by atoms with van der Waals surface area (Å²) in [4.78, 5) is 0. The molecule has 0 aromatic rings. The molecule has 1 aliphatic rings. The maximum atomic E-state index is 5.78. The second-order valence-electron chi connectivity index (χ2n) is 2.15. The lowest BCUT2D eigenvalue weighted by atomic mass is 10.3. The van der Waals surface area contributed by atoms with E-state index in [2.05, 4.69) is 0 Å². The monoisotopic (exact) mass is 326 g/mol. The molecule has 1 saturated heterocycles. The molecule has 1 fully saturated rings. The van der Waals surface area contributed by atoms with Crippen molar-refractivity contribution in [2.45, 2.75) is 17.0 Å². The number of hydrogen-bond acceptors (Lipinski definition) is 1. The number of halogens is 7. The van der Waals surface area contributed by atoms with E-state index >= 15 is 0 Å². The average Bonchev–Trinajstić information content (AvgIpc) is 1.92. The molecule has 1 unspecified atom stereocenters. The Morgan fingerprint density at radius 1 is 0.917 bits per heavy atom. The standard InChI is InChI=1S/C4HCl7S/c5-1-2(6,7)3(8,9)4(10,11)12-1/h1H. The highest BCUT2D eigenvalue weighted by atomic mass is 35.5. The quantitative estimate of drug-likeness (QED) is 0.577. The van der Waals surface area contributed by atoms with Crippen molar-refractivity contribution in [3.63, 3.8) is 0 Å². The normalized spacial score (nSPS) is 36.8. The molecular weight excluding hydrogens is 328 g/mol. The predicted octanol–water partition coefficient (Wildman–Crippen LogP) is 4.78. The lowest BCUT2D eigenvalue weighted by Crippen LogP contribution is -2.43. The first-order chi connectivity index (χ1) is 5.13. The van der Waals surface area contributed by atoms with Crippen LogP contribution in [0.4, 0.5) is 0 Å². The Bertz CT molecular complexity index is 200. The molecule has 72 valence electrons. The van der Waals surface area contributed by atoms with E-state index < -0.39 is 17.0 Å². The van der Waals surface area contributed by atoms with Crippen molar-refractivity contribution in [2.75, 3.05) is 0 Å². The van der Waals surface area contributed by atoms with Gasteiger partial charge in [-0.2, -0.15) is 0 Å². The van der Waals surface area contributed by atoms with Crippen LogP contribution in [0.25, 0.3) is 0 Å². The van der Waals surface area contributed by atoms with E-state index in [0.717, 1.165) is 11.8 Å². The maximum Gasteiger partial charge on any atom is 0.200 e. The van der Waals surface area contributed by atoms with Crippen LogP contribution in [0.1, 0.15) is 0 Å². The van der Waals surface area contributed by atoms with Gasteiger partial charge in [-0.15, -0.1) is 11.6 Å². The molecule has 0 spiro atoms. The average molecular weight is 329 g/mol. The molecule has 0 nitrogen and oxygen atoms in total. The highest BCUT2D eigenvalue weighted by molar-refractivity contribution is 8.05. The maximum absolute atomic E-state index is 5.78. The third-order valence-electron chi connectivity index (χ3n) is 1.32. The Kier molecular flexibility index (Phi) is 3.58. The molecule has 0 bridgehead atoms. The van der Waals surface area contributed by atoms with Crippen molar-refractivity contribution in [2.24, 2.45) is 0 Å². The van der Waals surface area contributed by atoms with Crippen LogP contribution < -0.4 is 0 Å². The summed E-state index contributed by atoms with van der Waals surface area (Å²) in [6, 6.07) is 0. The minimum absolute atomic E-state index is 0.758. The van der Waals surface area contributed by atoms with Gasteiger partial charge in [-0.25, -0.2) is 0 Å². The highest BCUT2D eigenvalue weighted by Gasteiger charge is 2.70. The predicted molar refractivity (Wildman–Crippen MR) is 60.5 cm³/mol. The Hall–Kier alpha value is 2.38. The summed E-state index contributed by atoms with van der Waals surface area (Å²) in [6.07, 6.45) is 0. The Morgan fingerprint density at radius 3 is 1.42 bits per heavy atom. The SMILES string of the molecule is ClC1SC(Cl)(Cl)C(Cl)(Cl)C1(Cl)Cl. The van der Waals surface area contributed by atoms with Gasteiger partial charge in [0.1, 0.15) is 4.71 Å². The fourth-order valence-corrected chi connectivity index (χ4v) is 4.76. The summed E-state index contributed by atoms with van der Waals surface area (Å²) < 4.78 is -5.55. The summed E-state index contributed by atoms with van der Waals surface area (Å²) in [6.45, 7) is 0. The molecule has 8 heteroatoms. The minimum Gasteiger partial charge on any atom is -0.108 e. The van der Waals surface area contributed by atoms with Gasteiger partial charge in [-0.3, -0.25) is 0 Å². The van der Waals surface area contributed by atoms with Crippen LogP contribution in [0.5, 0.6) is 0 Å². The summed E-state index contributed by atoms with van der Waals surface area (Å²) >= 11 is 41.2. The van der Waals surface area contributed by atoms with Gasteiger partial charge in [0.25, 0.3) is 0 Å². The first-order valence-corrected chi connectivity index (χ1v) is 6.16. The van der Waals surface area contributed by atoms with Crippen LogP contribution in [-0.2, 0) is 0 Å². The van der Waals surface area contributed by atoms with Crippen molar-refractivity contribution in [1.29, 1.82) is 0 Å². The van der Waals surface area contributed by atoms with Gasteiger partial charge in [0, 0.05) is 0 Å². The van der Waals surface area contributed by atoms with Gasteiger partial charge in [-0.05, 0) is 0 Å². The van der Waals surface area contributed by atoms with E-state index in [-0.39, 0.29) is 0 Å². The minimum atomic E-state index is -1.71. The van der Waals surface area contributed by atoms with E-state index in [1.54, 1.807) is 0 Å². The molecule has 1 atom stereocenters. The molecule has 0 aromatic carbocycles. The summed E-state index contributed by atoms with van der Waals surface area (Å²) in [5.41, 5.74) is 0. The van der Waals surface area contributed by atoms with Gasteiger partial charge in [0.2, 0.25) is 3.67 Å². The van der Waals surface area contributed by atoms with Gasteiger partial charge in [0.05, 0.1) is 0 Å². The number of thioether (sulfide) groups is 1. The van der Waals surface area contributed by atoms with E-state index in [0.29, 0.717) is 0 Å². The third-order valence-corrected chi connectivity index (χ3v) is 7.83. The van der Waals surface area contributed by atoms with Crippen LogP contribution >= 0.6 is 93.0 Å². The van der Waals surface area contributed by atoms with E-state index in [4.69, 9.17) is 81.2 Å². The van der Waals surface area contributed by atoms with Crippen molar-refractivity contribution >= 4 is 93.0 Å². The zero-order valence-electron chi connectivity index (χ0n) is 5.13. The van der Waals surface area contributed by atoms with Gasteiger partial charge in [0.15, 0.2) is 8.67 Å². The first kappa shape index (κ1) is 12.4. The van der Waals surface area contributed by atoms with E-state index in [9.17, 15) is 0 Å². The van der Waals surface area contributed by atoms with Crippen LogP contribution in [0.3, 0.4) is 0 Å². The van der Waals surface area contributed by atoms with Crippen LogP contribution in [0, 0.1) is 0 Å². The second kappa shape index (κ2) is 3.45. The zero-order chi connectivity index (χ0) is 9.78. The lowest BCUT2D eigenvalue weighted by Gasteiger charge is -2.30. The summed E-state index contributed by atoms with van der Waals surface area (Å²) in [5.74, 6) is 0. The largest absolute Gasteiger partial charge is 0.200 e. The molecule has 0 radical (unpaired) electrons. The van der Waals surface area contributed by atoms with Crippen LogP contribution in [0.15, 0.2) is 0 Å². The first-order valence-electron chi connectivity index (χ1n) is 2.58. The Morgan fingerprint density at radius 2 is 1.33 bits per heavy atom. The molecular formula is C4HCl7S. The number of hydrogen-bond donors (Lipinski definition) is 0. The topological polar surface area (TPSA) is 0 Å². The third kappa shape index (κ3) is 1.63. The Balaban J connectivity index is 3.10. The highest BCUT2D eigenvalue weighted by Crippen LogP contribution is 2.69. The number of rotatable bonds is 0. The molecule has 0 amide bonds. The van der Waals surface area contributed by atoms with Gasteiger partial charge < -0.3 is 0 Å². The molecule has 1 aliphatic heterocycles. The van der Waals surface area contributed by atoms with Gasteiger partial charge >= 0.3 is 0 Å². The molecule has 0 N–H and O–H groups in total. The van der Waals surface area contributed by atoms with E-state index in [1.807, 2.05) is 0 Å². The lowest BCUT2D eigenvalue weighted by molar-refractivity contribution is 0.746. The van der Waals surface area contributed by atoms with Crippen molar-refractivity contribution < 1.29 is 0 Å². The Labute approximate surface area is 109 Å². The molecule has 0 saturated carbocycles. The molecule has 1 rings (SSSR count). The fraction of sp³-hybridized carbons (Fsp3) is 1.00. The van der Waals surface area contributed by atoms with Gasteiger partial charge in [-0.1, -0.05) is 81.4 Å². The fourth-order valence-electron chi connectivity index (χ4n) is 0.615. The molecule has 0 aliphatic carbocycles. The van der Waals surface area contributed by atoms with Crippen LogP contribution in [0.2, 0.25) is 0 Å². The smallest absolute Gasteiger partial charge is 0.108 e. The van der Waals surface area contributed by atoms with E-state index in [1.165, 1.54) is 0 Å². The van der Waals surface area contributed by atoms with Crippen LogP contribution in [-0.4, -0.2) is 17.0 Å². The summed E-state index contributed by atoms with van der Waals surface area (Å²) in [5, 5.41) is 0. The van der Waals surface area contributed by atoms with Crippen molar-refractivity contribution in [3.8, 4) is 0 Å². The molecule has 0 aromatic heterocycles. The second-order valence-corrected chi connectivity index (χ2v) is 8.65. The number of alkyl halides is 7. The summed E-state index contributed by atoms with van der Waals surface area (Å²) in [7, 11) is 0. The van der Waals surface area contributed by atoms with Crippen molar-refractivity contribution in [1.82, 2.24) is 0 Å². The molecule has 1 heterocycles. The zero-order valence-corrected chi connectivity index (χ0v) is 11.2. The van der Waals surface area contributed by atoms with Crippen molar-refractivity contribution in [3.05, 3.63) is 0 Å². The molecule has 12 heavy (non-hydrogen) atoms.